The van der Waals surface area contributed by atoms with Gasteiger partial charge in [-0.05, 0) is 19.1 Å². The van der Waals surface area contributed by atoms with Gasteiger partial charge in [-0.1, -0.05) is 0 Å². The van der Waals surface area contributed by atoms with Gasteiger partial charge in [0.05, 0.1) is 0 Å². The molecule has 0 atom stereocenters. The zero-order chi connectivity index (χ0) is 14.8. The molecule has 2 aromatic rings. The Hall–Kier alpha value is -2.37. The third kappa shape index (κ3) is 2.89. The number of hydrogen-bond donors (Lipinski definition) is 0. The molecule has 110 valence electrons. The van der Waals surface area contributed by atoms with Crippen LogP contribution in [-0.4, -0.2) is 51.5 Å². The standard InChI is InChI=1S/C15H19N5O/c1-12-16-14(19-5-3-4-6-19)11-15(17-12)20-9-7-18(8-10-20)13(2)21/h3-6,11H,7-10H2,1-2H3. The molecule has 1 saturated heterocycles. The topological polar surface area (TPSA) is 54.3 Å². The maximum atomic E-state index is 11.4. The number of amides is 1. The van der Waals surface area contributed by atoms with Crippen molar-refractivity contribution in [1.82, 2.24) is 19.4 Å². The molecule has 0 radical (unpaired) electrons. The number of nitrogens with zero attached hydrogens (tertiary/aromatic N) is 5. The summed E-state index contributed by atoms with van der Waals surface area (Å²) >= 11 is 0. The minimum absolute atomic E-state index is 0.140. The lowest BCUT2D eigenvalue weighted by Gasteiger charge is -2.35. The number of aryl methyl sites for hydroxylation is 1. The van der Waals surface area contributed by atoms with Crippen molar-refractivity contribution in [3.05, 3.63) is 36.4 Å². The number of rotatable bonds is 2. The Morgan fingerprint density at radius 3 is 2.29 bits per heavy atom. The number of piperazine rings is 1. The summed E-state index contributed by atoms with van der Waals surface area (Å²) in [6.07, 6.45) is 3.94. The Labute approximate surface area is 124 Å². The van der Waals surface area contributed by atoms with Gasteiger partial charge in [-0.2, -0.15) is 0 Å². The summed E-state index contributed by atoms with van der Waals surface area (Å²) in [5.74, 6) is 2.69. The zero-order valence-electron chi connectivity index (χ0n) is 12.4. The van der Waals surface area contributed by atoms with E-state index in [2.05, 4.69) is 14.9 Å². The Morgan fingerprint density at radius 2 is 1.67 bits per heavy atom. The molecule has 0 aliphatic carbocycles. The maximum absolute atomic E-state index is 11.4. The summed E-state index contributed by atoms with van der Waals surface area (Å²) in [4.78, 5) is 24.5. The van der Waals surface area contributed by atoms with Crippen molar-refractivity contribution in [1.29, 1.82) is 0 Å². The minimum atomic E-state index is 0.140. The highest BCUT2D eigenvalue weighted by Gasteiger charge is 2.20. The van der Waals surface area contributed by atoms with Crippen molar-refractivity contribution in [2.24, 2.45) is 0 Å². The van der Waals surface area contributed by atoms with E-state index in [9.17, 15) is 4.79 Å². The van der Waals surface area contributed by atoms with Crippen molar-refractivity contribution in [3.8, 4) is 5.82 Å². The van der Waals surface area contributed by atoms with E-state index in [1.54, 1.807) is 6.92 Å². The molecule has 3 heterocycles. The van der Waals surface area contributed by atoms with Crippen LogP contribution in [0.5, 0.6) is 0 Å². The van der Waals surface area contributed by atoms with Crippen molar-refractivity contribution < 1.29 is 4.79 Å². The zero-order valence-corrected chi connectivity index (χ0v) is 12.4. The van der Waals surface area contributed by atoms with E-state index in [4.69, 9.17) is 0 Å². The van der Waals surface area contributed by atoms with Crippen LogP contribution in [0.15, 0.2) is 30.6 Å². The average Bonchev–Trinajstić information content (AvgIpc) is 3.01. The van der Waals surface area contributed by atoms with E-state index in [1.807, 2.05) is 47.0 Å². The van der Waals surface area contributed by atoms with Gasteiger partial charge in [0.2, 0.25) is 5.91 Å². The first-order chi connectivity index (χ1) is 10.1. The number of anilines is 1. The quantitative estimate of drug-likeness (QED) is 0.833. The van der Waals surface area contributed by atoms with Gasteiger partial charge in [-0.15, -0.1) is 0 Å². The lowest BCUT2D eigenvalue weighted by Crippen LogP contribution is -2.48. The Morgan fingerprint density at radius 1 is 1.05 bits per heavy atom. The molecule has 21 heavy (non-hydrogen) atoms. The predicted octanol–water partition coefficient (Wildman–Crippen LogP) is 1.24. The summed E-state index contributed by atoms with van der Waals surface area (Å²) in [5, 5.41) is 0. The third-order valence-electron chi connectivity index (χ3n) is 3.73. The monoisotopic (exact) mass is 285 g/mol. The number of aromatic nitrogens is 3. The van der Waals surface area contributed by atoms with Crippen LogP contribution in [0.4, 0.5) is 5.82 Å². The molecule has 0 aromatic carbocycles. The fourth-order valence-corrected chi connectivity index (χ4v) is 2.57. The molecular weight excluding hydrogens is 266 g/mol. The van der Waals surface area contributed by atoms with Gasteiger partial charge in [-0.25, -0.2) is 9.97 Å². The van der Waals surface area contributed by atoms with E-state index >= 15 is 0 Å². The Balaban J connectivity index is 1.82. The van der Waals surface area contributed by atoms with Crippen LogP contribution in [0.25, 0.3) is 5.82 Å². The molecule has 3 rings (SSSR count). The molecule has 1 aliphatic heterocycles. The van der Waals surface area contributed by atoms with Crippen molar-refractivity contribution in [3.63, 3.8) is 0 Å². The molecule has 1 aliphatic rings. The largest absolute Gasteiger partial charge is 0.353 e. The highest BCUT2D eigenvalue weighted by Crippen LogP contribution is 2.17. The summed E-state index contributed by atoms with van der Waals surface area (Å²) in [7, 11) is 0. The molecule has 0 unspecified atom stereocenters. The fourth-order valence-electron chi connectivity index (χ4n) is 2.57. The van der Waals surface area contributed by atoms with Crippen LogP contribution in [0, 0.1) is 6.92 Å². The smallest absolute Gasteiger partial charge is 0.219 e. The van der Waals surface area contributed by atoms with E-state index in [0.717, 1.165) is 43.6 Å². The SMILES string of the molecule is CC(=O)N1CCN(c2cc(-n3cccc3)nc(C)n2)CC1. The minimum Gasteiger partial charge on any atom is -0.353 e. The highest BCUT2D eigenvalue weighted by atomic mass is 16.2. The highest BCUT2D eigenvalue weighted by molar-refractivity contribution is 5.73. The van der Waals surface area contributed by atoms with E-state index in [1.165, 1.54) is 0 Å². The molecule has 1 amide bonds. The molecule has 0 saturated carbocycles. The van der Waals surface area contributed by atoms with Crippen LogP contribution >= 0.6 is 0 Å². The van der Waals surface area contributed by atoms with Crippen LogP contribution in [0.2, 0.25) is 0 Å². The van der Waals surface area contributed by atoms with Crippen molar-refractivity contribution >= 4 is 11.7 Å². The van der Waals surface area contributed by atoms with Gasteiger partial charge in [0.1, 0.15) is 17.5 Å². The normalized spacial score (nSPS) is 15.3. The third-order valence-corrected chi connectivity index (χ3v) is 3.73. The predicted molar refractivity (Wildman–Crippen MR) is 80.6 cm³/mol. The number of hydrogen-bond acceptors (Lipinski definition) is 4. The first-order valence-electron chi connectivity index (χ1n) is 7.13. The molecule has 2 aromatic heterocycles. The lowest BCUT2D eigenvalue weighted by molar-refractivity contribution is -0.129. The molecule has 6 heteroatoms. The number of carbonyl (C=O) groups is 1. The van der Waals surface area contributed by atoms with E-state index in [0.29, 0.717) is 0 Å². The maximum Gasteiger partial charge on any atom is 0.219 e. The first kappa shape index (κ1) is 13.6. The lowest BCUT2D eigenvalue weighted by atomic mass is 10.3. The second-order valence-corrected chi connectivity index (χ2v) is 5.21. The van der Waals surface area contributed by atoms with Crippen molar-refractivity contribution in [2.45, 2.75) is 13.8 Å². The van der Waals surface area contributed by atoms with Gasteiger partial charge in [0.15, 0.2) is 0 Å². The molecule has 0 spiro atoms. The summed E-state index contributed by atoms with van der Waals surface area (Å²) < 4.78 is 1.98. The van der Waals surface area contributed by atoms with Crippen LogP contribution in [0.1, 0.15) is 12.7 Å². The average molecular weight is 285 g/mol. The second kappa shape index (κ2) is 5.55. The molecule has 0 N–H and O–H groups in total. The van der Waals surface area contributed by atoms with E-state index < -0.39 is 0 Å². The van der Waals surface area contributed by atoms with Gasteiger partial charge >= 0.3 is 0 Å². The number of carbonyl (C=O) groups excluding carboxylic acids is 1. The molecule has 6 nitrogen and oxygen atoms in total. The molecule has 0 bridgehead atoms. The van der Waals surface area contributed by atoms with Gasteiger partial charge in [0.25, 0.3) is 0 Å². The Kier molecular flexibility index (Phi) is 3.60. The summed E-state index contributed by atoms with van der Waals surface area (Å²) in [6.45, 7) is 6.63. The molecule has 1 fully saturated rings. The second-order valence-electron chi connectivity index (χ2n) is 5.21. The molecular formula is C15H19N5O. The first-order valence-corrected chi connectivity index (χ1v) is 7.13. The van der Waals surface area contributed by atoms with Crippen LogP contribution < -0.4 is 4.90 Å². The van der Waals surface area contributed by atoms with Gasteiger partial charge in [0, 0.05) is 51.6 Å². The van der Waals surface area contributed by atoms with Gasteiger partial charge in [-0.3, -0.25) is 4.79 Å². The Bertz CT molecular complexity index is 630. The van der Waals surface area contributed by atoms with Crippen LogP contribution in [-0.2, 0) is 4.79 Å². The van der Waals surface area contributed by atoms with Crippen LogP contribution in [0.3, 0.4) is 0 Å². The summed E-state index contributed by atoms with van der Waals surface area (Å²) in [5.41, 5.74) is 0. The van der Waals surface area contributed by atoms with E-state index in [-0.39, 0.29) is 5.91 Å². The fraction of sp³-hybridized carbons (Fsp3) is 0.400. The van der Waals surface area contributed by atoms with Gasteiger partial charge < -0.3 is 14.4 Å². The summed E-state index contributed by atoms with van der Waals surface area (Å²) in [6, 6.07) is 5.95. The van der Waals surface area contributed by atoms with Crippen molar-refractivity contribution in [2.75, 3.05) is 31.1 Å².